The van der Waals surface area contributed by atoms with Crippen molar-refractivity contribution in [3.63, 3.8) is 0 Å². The van der Waals surface area contributed by atoms with Gasteiger partial charge < -0.3 is 15.3 Å². The number of nitrogens with two attached hydrogens (primary N) is 1. The highest BCUT2D eigenvalue weighted by molar-refractivity contribution is 5.95. The molecule has 0 radical (unpaired) electrons. The SMILES string of the molecule is NC(=O)c1ccn2c1Cc1cccc(-c3nc4ccncc4[nH]3)c1-2. The van der Waals surface area contributed by atoms with Gasteiger partial charge in [-0.25, -0.2) is 4.98 Å². The number of H-pyrrole nitrogens is 1. The number of hydrogen-bond acceptors (Lipinski definition) is 3. The minimum atomic E-state index is -0.395. The fourth-order valence-corrected chi connectivity index (χ4v) is 3.45. The molecule has 0 spiro atoms. The zero-order chi connectivity index (χ0) is 16.3. The molecule has 4 aromatic rings. The fraction of sp³-hybridized carbons (Fsp3) is 0.0556. The second kappa shape index (κ2) is 4.55. The van der Waals surface area contributed by atoms with E-state index in [1.54, 1.807) is 18.5 Å². The van der Waals surface area contributed by atoms with Crippen molar-refractivity contribution in [2.24, 2.45) is 5.73 Å². The third-order valence-corrected chi connectivity index (χ3v) is 4.51. The van der Waals surface area contributed by atoms with Gasteiger partial charge in [0.15, 0.2) is 0 Å². The summed E-state index contributed by atoms with van der Waals surface area (Å²) in [5.41, 5.74) is 12.0. The number of aromatic amines is 1. The van der Waals surface area contributed by atoms with Crippen molar-refractivity contribution in [3.05, 3.63) is 65.7 Å². The number of para-hydroxylation sites is 1. The van der Waals surface area contributed by atoms with E-state index in [4.69, 9.17) is 5.73 Å². The highest BCUT2D eigenvalue weighted by Crippen LogP contribution is 2.37. The van der Waals surface area contributed by atoms with Gasteiger partial charge in [-0.3, -0.25) is 9.78 Å². The first kappa shape index (κ1) is 13.1. The lowest BCUT2D eigenvalue weighted by Crippen LogP contribution is -2.12. The average molecular weight is 315 g/mol. The Morgan fingerprint density at radius 3 is 3.00 bits per heavy atom. The Bertz CT molecular complexity index is 1090. The predicted molar refractivity (Wildman–Crippen MR) is 90.0 cm³/mol. The van der Waals surface area contributed by atoms with Gasteiger partial charge in [-0.15, -0.1) is 0 Å². The number of nitrogens with zero attached hydrogens (tertiary/aromatic N) is 3. The third kappa shape index (κ3) is 1.68. The van der Waals surface area contributed by atoms with Crippen LogP contribution in [0.5, 0.6) is 0 Å². The molecule has 0 atom stereocenters. The molecule has 1 aliphatic rings. The quantitative estimate of drug-likeness (QED) is 0.524. The molecule has 0 saturated carbocycles. The van der Waals surface area contributed by atoms with Crippen LogP contribution in [0.2, 0.25) is 0 Å². The van der Waals surface area contributed by atoms with Crippen LogP contribution in [0.1, 0.15) is 21.6 Å². The van der Waals surface area contributed by atoms with E-state index in [1.807, 2.05) is 29.0 Å². The molecule has 4 heterocycles. The number of rotatable bonds is 2. The van der Waals surface area contributed by atoms with Gasteiger partial charge in [0, 0.05) is 30.1 Å². The molecular weight excluding hydrogens is 302 g/mol. The number of aromatic nitrogens is 4. The molecule has 0 bridgehead atoms. The van der Waals surface area contributed by atoms with Crippen LogP contribution in [-0.4, -0.2) is 25.4 Å². The first-order chi connectivity index (χ1) is 11.7. The van der Waals surface area contributed by atoms with Crippen LogP contribution in [0.15, 0.2) is 48.9 Å². The molecule has 6 heteroatoms. The lowest BCUT2D eigenvalue weighted by Gasteiger charge is -2.08. The Kier molecular flexibility index (Phi) is 2.48. The van der Waals surface area contributed by atoms with E-state index in [9.17, 15) is 4.79 Å². The first-order valence-electron chi connectivity index (χ1n) is 7.65. The standard InChI is InChI=1S/C18H13N5O/c19-17(24)11-5-7-23-15(11)8-10-2-1-3-12(16(10)23)18-21-13-4-6-20-9-14(13)22-18/h1-7,9H,8H2,(H2,19,24)(H,21,22). The van der Waals surface area contributed by atoms with Gasteiger partial charge in [-0.2, -0.15) is 0 Å². The monoisotopic (exact) mass is 315 g/mol. The summed E-state index contributed by atoms with van der Waals surface area (Å²) in [6, 6.07) is 9.77. The lowest BCUT2D eigenvalue weighted by atomic mass is 10.0. The van der Waals surface area contributed by atoms with Gasteiger partial charge in [0.05, 0.1) is 28.5 Å². The largest absolute Gasteiger partial charge is 0.366 e. The summed E-state index contributed by atoms with van der Waals surface area (Å²) in [5.74, 6) is 0.393. The number of hydrogen-bond donors (Lipinski definition) is 2. The molecule has 5 rings (SSSR count). The highest BCUT2D eigenvalue weighted by atomic mass is 16.1. The summed E-state index contributed by atoms with van der Waals surface area (Å²) in [6.07, 6.45) is 6.08. The van der Waals surface area contributed by atoms with Crippen LogP contribution in [0.25, 0.3) is 28.1 Å². The van der Waals surface area contributed by atoms with Crippen molar-refractivity contribution in [2.45, 2.75) is 6.42 Å². The smallest absolute Gasteiger partial charge is 0.250 e. The minimum absolute atomic E-state index is 0.395. The van der Waals surface area contributed by atoms with Crippen LogP contribution in [-0.2, 0) is 6.42 Å². The highest BCUT2D eigenvalue weighted by Gasteiger charge is 2.26. The van der Waals surface area contributed by atoms with E-state index in [2.05, 4.69) is 21.0 Å². The van der Waals surface area contributed by atoms with Gasteiger partial charge in [0.2, 0.25) is 0 Å². The molecule has 6 nitrogen and oxygen atoms in total. The second-order valence-electron chi connectivity index (χ2n) is 5.88. The molecule has 1 aromatic carbocycles. The van der Waals surface area contributed by atoms with E-state index < -0.39 is 5.91 Å². The molecule has 3 N–H and O–H groups in total. The van der Waals surface area contributed by atoms with E-state index in [0.717, 1.165) is 39.4 Å². The normalized spacial score (nSPS) is 12.3. The van der Waals surface area contributed by atoms with Crippen LogP contribution in [0.4, 0.5) is 0 Å². The third-order valence-electron chi connectivity index (χ3n) is 4.51. The molecule has 0 saturated heterocycles. The van der Waals surface area contributed by atoms with Gasteiger partial charge in [0.1, 0.15) is 5.82 Å². The zero-order valence-electron chi connectivity index (χ0n) is 12.7. The summed E-state index contributed by atoms with van der Waals surface area (Å²) in [6.45, 7) is 0. The number of amides is 1. The van der Waals surface area contributed by atoms with Gasteiger partial charge >= 0.3 is 0 Å². The Hall–Kier alpha value is -3.41. The molecule has 0 unspecified atom stereocenters. The number of pyridine rings is 1. The number of carbonyl (C=O) groups is 1. The Morgan fingerprint density at radius 1 is 1.25 bits per heavy atom. The molecule has 24 heavy (non-hydrogen) atoms. The van der Waals surface area contributed by atoms with E-state index >= 15 is 0 Å². The molecular formula is C18H13N5O. The Labute approximate surface area is 137 Å². The van der Waals surface area contributed by atoms with E-state index in [0.29, 0.717) is 12.0 Å². The van der Waals surface area contributed by atoms with Crippen molar-refractivity contribution in [1.29, 1.82) is 0 Å². The van der Waals surface area contributed by atoms with Crippen molar-refractivity contribution < 1.29 is 4.79 Å². The summed E-state index contributed by atoms with van der Waals surface area (Å²) >= 11 is 0. The van der Waals surface area contributed by atoms with Crippen molar-refractivity contribution in [2.75, 3.05) is 0 Å². The number of carbonyl (C=O) groups excluding carboxylic acids is 1. The number of benzene rings is 1. The zero-order valence-corrected chi connectivity index (χ0v) is 12.7. The lowest BCUT2D eigenvalue weighted by molar-refractivity contribution is 0.0999. The average Bonchev–Trinajstić information content (AvgIpc) is 3.26. The first-order valence-corrected chi connectivity index (χ1v) is 7.65. The minimum Gasteiger partial charge on any atom is -0.366 e. The maximum atomic E-state index is 11.6. The van der Waals surface area contributed by atoms with Gasteiger partial charge in [-0.1, -0.05) is 12.1 Å². The van der Waals surface area contributed by atoms with Gasteiger partial charge in [-0.05, 0) is 23.8 Å². The van der Waals surface area contributed by atoms with Crippen LogP contribution < -0.4 is 5.73 Å². The molecule has 116 valence electrons. The Balaban J connectivity index is 1.75. The summed E-state index contributed by atoms with van der Waals surface area (Å²) < 4.78 is 2.04. The number of nitrogens with one attached hydrogen (secondary N) is 1. The predicted octanol–water partition coefficient (Wildman–Crippen LogP) is 2.42. The van der Waals surface area contributed by atoms with Gasteiger partial charge in [0.25, 0.3) is 5.91 Å². The Morgan fingerprint density at radius 2 is 2.17 bits per heavy atom. The van der Waals surface area contributed by atoms with E-state index in [-0.39, 0.29) is 0 Å². The molecule has 0 aliphatic carbocycles. The van der Waals surface area contributed by atoms with Crippen molar-refractivity contribution in [3.8, 4) is 17.1 Å². The number of fused-ring (bicyclic) bond motifs is 4. The maximum absolute atomic E-state index is 11.6. The fourth-order valence-electron chi connectivity index (χ4n) is 3.45. The summed E-state index contributed by atoms with van der Waals surface area (Å²) in [7, 11) is 0. The molecule has 3 aromatic heterocycles. The van der Waals surface area contributed by atoms with Crippen LogP contribution in [0.3, 0.4) is 0 Å². The second-order valence-corrected chi connectivity index (χ2v) is 5.88. The summed E-state index contributed by atoms with van der Waals surface area (Å²) in [5, 5.41) is 0. The molecule has 1 aliphatic heterocycles. The molecule has 0 fully saturated rings. The van der Waals surface area contributed by atoms with Crippen LogP contribution in [0, 0.1) is 0 Å². The van der Waals surface area contributed by atoms with E-state index in [1.165, 1.54) is 0 Å². The van der Waals surface area contributed by atoms with Crippen molar-refractivity contribution >= 4 is 16.9 Å². The maximum Gasteiger partial charge on any atom is 0.250 e. The number of imidazole rings is 1. The van der Waals surface area contributed by atoms with Crippen LogP contribution >= 0.6 is 0 Å². The number of primary amides is 1. The summed E-state index contributed by atoms with van der Waals surface area (Å²) in [4.78, 5) is 23.7. The van der Waals surface area contributed by atoms with Crippen molar-refractivity contribution in [1.82, 2.24) is 19.5 Å². The topological polar surface area (TPSA) is 89.6 Å². The molecule has 1 amide bonds.